The van der Waals surface area contributed by atoms with Gasteiger partial charge in [0.2, 0.25) is 0 Å². The van der Waals surface area contributed by atoms with Crippen LogP contribution in [0.25, 0.3) is 0 Å². The summed E-state index contributed by atoms with van der Waals surface area (Å²) < 4.78 is 17.8. The van der Waals surface area contributed by atoms with Crippen LogP contribution in [0.4, 0.5) is 4.39 Å². The van der Waals surface area contributed by atoms with Crippen LogP contribution in [0.2, 0.25) is 0 Å². The average molecular weight is 239 g/mol. The summed E-state index contributed by atoms with van der Waals surface area (Å²) >= 11 is 0. The van der Waals surface area contributed by atoms with Gasteiger partial charge >= 0.3 is 0 Å². The molecule has 4 heteroatoms. The second-order valence-electron chi connectivity index (χ2n) is 4.34. The van der Waals surface area contributed by atoms with Crippen molar-refractivity contribution in [2.75, 3.05) is 6.61 Å². The van der Waals surface area contributed by atoms with Crippen molar-refractivity contribution in [1.82, 2.24) is 5.32 Å². The number of carbonyl (C=O) groups excluding carboxylic acids is 1. The Balaban J connectivity index is 2.35. The lowest BCUT2D eigenvalue weighted by atomic mass is 10.1. The number of hydrogen-bond donors (Lipinski definition) is 1. The lowest BCUT2D eigenvalue weighted by molar-refractivity contribution is -0.124. The van der Waals surface area contributed by atoms with Gasteiger partial charge in [0.15, 0.2) is 6.61 Å². The Morgan fingerprint density at radius 2 is 1.88 bits per heavy atom. The molecular formula is C13H18FNO2. The Labute approximate surface area is 101 Å². The minimum absolute atomic E-state index is 0.0529. The molecule has 1 aromatic rings. The van der Waals surface area contributed by atoms with E-state index in [9.17, 15) is 9.18 Å². The van der Waals surface area contributed by atoms with Crippen LogP contribution in [-0.2, 0) is 4.79 Å². The summed E-state index contributed by atoms with van der Waals surface area (Å²) in [6.07, 6.45) is 0. The van der Waals surface area contributed by atoms with Crippen molar-refractivity contribution in [3.8, 4) is 5.75 Å². The van der Waals surface area contributed by atoms with E-state index in [0.29, 0.717) is 11.7 Å². The highest BCUT2D eigenvalue weighted by molar-refractivity contribution is 5.77. The fourth-order valence-corrected chi connectivity index (χ4v) is 1.14. The Kier molecular flexibility index (Phi) is 4.94. The number of ether oxygens (including phenoxy) is 1. The SMILES string of the molecule is CC(C)[C@@H](C)NC(=O)COc1ccc(F)cc1. The van der Waals surface area contributed by atoms with Crippen LogP contribution < -0.4 is 10.1 Å². The summed E-state index contributed by atoms with van der Waals surface area (Å²) in [5.41, 5.74) is 0. The highest BCUT2D eigenvalue weighted by Gasteiger charge is 2.10. The molecule has 0 aliphatic carbocycles. The Morgan fingerprint density at radius 1 is 1.29 bits per heavy atom. The van der Waals surface area contributed by atoms with E-state index in [1.165, 1.54) is 24.3 Å². The molecule has 0 bridgehead atoms. The van der Waals surface area contributed by atoms with Crippen LogP contribution in [0.1, 0.15) is 20.8 Å². The van der Waals surface area contributed by atoms with Gasteiger partial charge in [-0.2, -0.15) is 0 Å². The van der Waals surface area contributed by atoms with Crippen molar-refractivity contribution in [2.45, 2.75) is 26.8 Å². The van der Waals surface area contributed by atoms with Gasteiger partial charge in [-0.15, -0.1) is 0 Å². The summed E-state index contributed by atoms with van der Waals surface area (Å²) in [4.78, 5) is 11.5. The molecule has 17 heavy (non-hydrogen) atoms. The second kappa shape index (κ2) is 6.23. The molecule has 1 amide bonds. The molecule has 0 unspecified atom stereocenters. The number of amides is 1. The van der Waals surface area contributed by atoms with Gasteiger partial charge < -0.3 is 10.1 Å². The molecule has 1 N–H and O–H groups in total. The zero-order chi connectivity index (χ0) is 12.8. The van der Waals surface area contributed by atoms with Gasteiger partial charge in [-0.05, 0) is 37.1 Å². The molecule has 0 aliphatic heterocycles. The molecule has 0 saturated carbocycles. The molecule has 1 aromatic carbocycles. The molecule has 0 heterocycles. The van der Waals surface area contributed by atoms with Crippen molar-refractivity contribution >= 4 is 5.91 Å². The molecule has 0 radical (unpaired) electrons. The summed E-state index contributed by atoms with van der Waals surface area (Å²) in [6.45, 7) is 5.96. The number of halogens is 1. The van der Waals surface area contributed by atoms with E-state index in [0.717, 1.165) is 0 Å². The monoisotopic (exact) mass is 239 g/mol. The van der Waals surface area contributed by atoms with Gasteiger partial charge in [-0.3, -0.25) is 4.79 Å². The van der Waals surface area contributed by atoms with Gasteiger partial charge in [-0.1, -0.05) is 13.8 Å². The van der Waals surface area contributed by atoms with Crippen LogP contribution in [0.15, 0.2) is 24.3 Å². The molecule has 1 atom stereocenters. The Morgan fingerprint density at radius 3 is 2.41 bits per heavy atom. The summed E-state index contributed by atoms with van der Waals surface area (Å²) in [6, 6.07) is 5.69. The topological polar surface area (TPSA) is 38.3 Å². The highest BCUT2D eigenvalue weighted by atomic mass is 19.1. The van der Waals surface area contributed by atoms with Gasteiger partial charge in [-0.25, -0.2) is 4.39 Å². The molecule has 3 nitrogen and oxygen atoms in total. The van der Waals surface area contributed by atoms with Crippen LogP contribution in [0, 0.1) is 11.7 Å². The first kappa shape index (κ1) is 13.5. The minimum atomic E-state index is -0.324. The van der Waals surface area contributed by atoms with Gasteiger partial charge in [0.1, 0.15) is 11.6 Å². The number of hydrogen-bond acceptors (Lipinski definition) is 2. The average Bonchev–Trinajstić information content (AvgIpc) is 2.28. The maximum absolute atomic E-state index is 12.6. The third-order valence-electron chi connectivity index (χ3n) is 2.57. The van der Waals surface area contributed by atoms with E-state index in [4.69, 9.17) is 4.74 Å². The summed E-state index contributed by atoms with van der Waals surface area (Å²) in [7, 11) is 0. The van der Waals surface area contributed by atoms with E-state index < -0.39 is 0 Å². The van der Waals surface area contributed by atoms with Crippen molar-refractivity contribution in [3.05, 3.63) is 30.1 Å². The quantitative estimate of drug-likeness (QED) is 0.856. The summed E-state index contributed by atoms with van der Waals surface area (Å²) in [5, 5.41) is 2.82. The van der Waals surface area contributed by atoms with Gasteiger partial charge in [0.25, 0.3) is 5.91 Å². The molecule has 0 aromatic heterocycles. The lowest BCUT2D eigenvalue weighted by Crippen LogP contribution is -2.38. The van der Waals surface area contributed by atoms with Crippen LogP contribution >= 0.6 is 0 Å². The van der Waals surface area contributed by atoms with Crippen LogP contribution in [0.5, 0.6) is 5.75 Å². The summed E-state index contributed by atoms with van der Waals surface area (Å²) in [5.74, 6) is 0.370. The fraction of sp³-hybridized carbons (Fsp3) is 0.462. The zero-order valence-corrected chi connectivity index (χ0v) is 10.4. The van der Waals surface area contributed by atoms with E-state index in [-0.39, 0.29) is 24.4 Å². The van der Waals surface area contributed by atoms with E-state index in [1.54, 1.807) is 0 Å². The first-order chi connectivity index (χ1) is 7.99. The van der Waals surface area contributed by atoms with Gasteiger partial charge in [0.05, 0.1) is 0 Å². The molecule has 0 saturated heterocycles. The fourth-order valence-electron chi connectivity index (χ4n) is 1.14. The smallest absolute Gasteiger partial charge is 0.258 e. The van der Waals surface area contributed by atoms with Crippen LogP contribution in [-0.4, -0.2) is 18.6 Å². The molecule has 1 rings (SSSR count). The first-order valence-corrected chi connectivity index (χ1v) is 5.66. The van der Waals surface area contributed by atoms with E-state index >= 15 is 0 Å². The first-order valence-electron chi connectivity index (χ1n) is 5.66. The van der Waals surface area contributed by atoms with Gasteiger partial charge in [0, 0.05) is 6.04 Å². The van der Waals surface area contributed by atoms with E-state index in [1.807, 2.05) is 20.8 Å². The highest BCUT2D eigenvalue weighted by Crippen LogP contribution is 2.10. The maximum atomic E-state index is 12.6. The molecule has 94 valence electrons. The molecule has 0 spiro atoms. The lowest BCUT2D eigenvalue weighted by Gasteiger charge is -2.17. The zero-order valence-electron chi connectivity index (χ0n) is 10.4. The number of rotatable bonds is 5. The van der Waals surface area contributed by atoms with Crippen molar-refractivity contribution < 1.29 is 13.9 Å². The van der Waals surface area contributed by atoms with Crippen molar-refractivity contribution in [2.24, 2.45) is 5.92 Å². The normalized spacial score (nSPS) is 12.3. The van der Waals surface area contributed by atoms with Crippen molar-refractivity contribution in [3.63, 3.8) is 0 Å². The predicted octanol–water partition coefficient (Wildman–Crippen LogP) is 2.37. The third kappa shape index (κ3) is 4.85. The Hall–Kier alpha value is -1.58. The number of carbonyl (C=O) groups is 1. The Bertz CT molecular complexity index is 362. The standard InChI is InChI=1S/C13H18FNO2/c1-9(2)10(3)15-13(16)8-17-12-6-4-11(14)5-7-12/h4-7,9-10H,8H2,1-3H3,(H,15,16)/t10-/m1/s1. The van der Waals surface area contributed by atoms with Crippen LogP contribution in [0.3, 0.4) is 0 Å². The predicted molar refractivity (Wildman–Crippen MR) is 64.3 cm³/mol. The molecule has 0 aliphatic rings. The largest absolute Gasteiger partial charge is 0.484 e. The maximum Gasteiger partial charge on any atom is 0.258 e. The van der Waals surface area contributed by atoms with E-state index in [2.05, 4.69) is 5.32 Å². The number of benzene rings is 1. The molecular weight excluding hydrogens is 221 g/mol. The second-order valence-corrected chi connectivity index (χ2v) is 4.34. The minimum Gasteiger partial charge on any atom is -0.484 e. The van der Waals surface area contributed by atoms with Crippen molar-refractivity contribution in [1.29, 1.82) is 0 Å². The number of nitrogens with one attached hydrogen (secondary N) is 1. The third-order valence-corrected chi connectivity index (χ3v) is 2.57. The molecule has 0 fully saturated rings.